The molecule has 1 N–H and O–H groups in total. The van der Waals surface area contributed by atoms with Gasteiger partial charge in [0.05, 0.1) is 17.9 Å². The van der Waals surface area contributed by atoms with E-state index in [4.69, 9.17) is 11.6 Å². The van der Waals surface area contributed by atoms with Crippen LogP contribution in [0.1, 0.15) is 24.1 Å². The number of rotatable bonds is 3. The van der Waals surface area contributed by atoms with Crippen LogP contribution in [0.3, 0.4) is 0 Å². The van der Waals surface area contributed by atoms with E-state index in [2.05, 4.69) is 10.3 Å². The second kappa shape index (κ2) is 5.36. The molecule has 4 heteroatoms. The molecular weight excluding hydrogens is 251 g/mol. The minimum absolute atomic E-state index is 0.0130. The number of aryl methyl sites for hydroxylation is 1. The second-order valence-electron chi connectivity index (χ2n) is 4.22. The van der Waals surface area contributed by atoms with Crippen molar-refractivity contribution in [1.29, 1.82) is 0 Å². The van der Waals surface area contributed by atoms with Crippen LogP contribution in [-0.2, 0) is 0 Å². The number of aromatic nitrogens is 1. The summed E-state index contributed by atoms with van der Waals surface area (Å²) in [5, 5.41) is 3.74. The van der Waals surface area contributed by atoms with Crippen LogP contribution in [0, 0.1) is 12.7 Å². The van der Waals surface area contributed by atoms with Crippen molar-refractivity contribution < 1.29 is 4.39 Å². The molecule has 18 heavy (non-hydrogen) atoms. The summed E-state index contributed by atoms with van der Waals surface area (Å²) in [4.78, 5) is 4.07. The summed E-state index contributed by atoms with van der Waals surface area (Å²) in [6.07, 6.45) is 3.51. The normalized spacial score (nSPS) is 12.2. The number of anilines is 1. The van der Waals surface area contributed by atoms with Gasteiger partial charge in [-0.05, 0) is 43.2 Å². The van der Waals surface area contributed by atoms with Crippen molar-refractivity contribution in [2.75, 3.05) is 5.32 Å². The number of benzene rings is 1. The average molecular weight is 265 g/mol. The molecule has 0 aliphatic carbocycles. The summed E-state index contributed by atoms with van der Waals surface area (Å²) in [7, 11) is 0. The van der Waals surface area contributed by atoms with Gasteiger partial charge < -0.3 is 5.32 Å². The summed E-state index contributed by atoms with van der Waals surface area (Å²) >= 11 is 6.03. The van der Waals surface area contributed by atoms with Gasteiger partial charge in [-0.1, -0.05) is 17.7 Å². The van der Waals surface area contributed by atoms with Gasteiger partial charge in [0.2, 0.25) is 0 Å². The fourth-order valence-corrected chi connectivity index (χ4v) is 2.11. The highest BCUT2D eigenvalue weighted by molar-refractivity contribution is 6.31. The predicted octanol–water partition coefficient (Wildman–Crippen LogP) is 4.36. The maximum absolute atomic E-state index is 13.0. The first-order chi connectivity index (χ1) is 8.58. The molecule has 0 radical (unpaired) electrons. The standard InChI is InChI=1S/C14H14ClFN2/c1-9-5-6-17-8-14(9)18-10(2)12-4-3-11(16)7-13(12)15/h3-8,10,18H,1-2H3. The van der Waals surface area contributed by atoms with Crippen molar-refractivity contribution in [1.82, 2.24) is 4.98 Å². The molecule has 1 aromatic heterocycles. The van der Waals surface area contributed by atoms with Gasteiger partial charge in [0.15, 0.2) is 0 Å². The van der Waals surface area contributed by atoms with Gasteiger partial charge in [0.1, 0.15) is 5.82 Å². The molecular formula is C14H14ClFN2. The molecule has 0 aliphatic rings. The topological polar surface area (TPSA) is 24.9 Å². The minimum Gasteiger partial charge on any atom is -0.377 e. The summed E-state index contributed by atoms with van der Waals surface area (Å²) in [5.41, 5.74) is 2.92. The van der Waals surface area contributed by atoms with Gasteiger partial charge in [0, 0.05) is 11.2 Å². The lowest BCUT2D eigenvalue weighted by Crippen LogP contribution is -2.08. The summed E-state index contributed by atoms with van der Waals surface area (Å²) < 4.78 is 13.0. The first kappa shape index (κ1) is 12.8. The van der Waals surface area contributed by atoms with E-state index in [1.165, 1.54) is 12.1 Å². The Bertz CT molecular complexity index is 557. The van der Waals surface area contributed by atoms with E-state index in [0.717, 1.165) is 16.8 Å². The van der Waals surface area contributed by atoms with Crippen molar-refractivity contribution in [2.24, 2.45) is 0 Å². The maximum atomic E-state index is 13.0. The highest BCUT2D eigenvalue weighted by Crippen LogP contribution is 2.27. The molecule has 0 aliphatic heterocycles. The quantitative estimate of drug-likeness (QED) is 0.891. The molecule has 1 heterocycles. The van der Waals surface area contributed by atoms with Crippen LogP contribution in [0.4, 0.5) is 10.1 Å². The van der Waals surface area contributed by atoms with Crippen LogP contribution in [0.2, 0.25) is 5.02 Å². The van der Waals surface area contributed by atoms with E-state index in [1.807, 2.05) is 19.9 Å². The predicted molar refractivity (Wildman–Crippen MR) is 72.4 cm³/mol. The van der Waals surface area contributed by atoms with Gasteiger partial charge in [-0.2, -0.15) is 0 Å². The molecule has 1 aromatic carbocycles. The third-order valence-corrected chi connectivity index (χ3v) is 3.17. The van der Waals surface area contributed by atoms with E-state index < -0.39 is 0 Å². The number of halogens is 2. The smallest absolute Gasteiger partial charge is 0.124 e. The van der Waals surface area contributed by atoms with Gasteiger partial charge >= 0.3 is 0 Å². The van der Waals surface area contributed by atoms with Gasteiger partial charge in [-0.25, -0.2) is 4.39 Å². The van der Waals surface area contributed by atoms with E-state index in [-0.39, 0.29) is 11.9 Å². The van der Waals surface area contributed by atoms with Crippen LogP contribution in [-0.4, -0.2) is 4.98 Å². The Morgan fingerprint density at radius 3 is 2.78 bits per heavy atom. The first-order valence-corrected chi connectivity index (χ1v) is 6.08. The van der Waals surface area contributed by atoms with E-state index >= 15 is 0 Å². The largest absolute Gasteiger partial charge is 0.377 e. The Morgan fingerprint density at radius 2 is 2.11 bits per heavy atom. The van der Waals surface area contributed by atoms with Crippen molar-refractivity contribution in [3.05, 3.63) is 58.6 Å². The zero-order chi connectivity index (χ0) is 13.1. The van der Waals surface area contributed by atoms with Crippen LogP contribution < -0.4 is 5.32 Å². The number of nitrogens with zero attached hydrogens (tertiary/aromatic N) is 1. The van der Waals surface area contributed by atoms with E-state index in [0.29, 0.717) is 5.02 Å². The SMILES string of the molecule is Cc1ccncc1NC(C)c1ccc(F)cc1Cl. The summed E-state index contributed by atoms with van der Waals surface area (Å²) in [6, 6.07) is 6.35. The number of pyridine rings is 1. The van der Waals surface area contributed by atoms with Crippen molar-refractivity contribution in [3.8, 4) is 0 Å². The molecule has 2 rings (SSSR count). The molecule has 2 nitrogen and oxygen atoms in total. The molecule has 0 saturated carbocycles. The number of nitrogens with one attached hydrogen (secondary N) is 1. The number of hydrogen-bond acceptors (Lipinski definition) is 2. The maximum Gasteiger partial charge on any atom is 0.124 e. The van der Waals surface area contributed by atoms with Crippen molar-refractivity contribution in [3.63, 3.8) is 0 Å². The molecule has 0 spiro atoms. The summed E-state index contributed by atoms with van der Waals surface area (Å²) in [5.74, 6) is -0.325. The van der Waals surface area contributed by atoms with Gasteiger partial charge in [-0.15, -0.1) is 0 Å². The Labute approximate surface area is 111 Å². The van der Waals surface area contributed by atoms with E-state index in [9.17, 15) is 4.39 Å². The zero-order valence-corrected chi connectivity index (χ0v) is 11.0. The highest BCUT2D eigenvalue weighted by atomic mass is 35.5. The second-order valence-corrected chi connectivity index (χ2v) is 4.63. The monoisotopic (exact) mass is 264 g/mol. The fraction of sp³-hybridized carbons (Fsp3) is 0.214. The minimum atomic E-state index is -0.325. The van der Waals surface area contributed by atoms with Crippen molar-refractivity contribution in [2.45, 2.75) is 19.9 Å². The van der Waals surface area contributed by atoms with Gasteiger partial charge in [0.25, 0.3) is 0 Å². The van der Waals surface area contributed by atoms with Crippen LogP contribution in [0.25, 0.3) is 0 Å². The van der Waals surface area contributed by atoms with Crippen molar-refractivity contribution >= 4 is 17.3 Å². The number of hydrogen-bond donors (Lipinski definition) is 1. The molecule has 1 atom stereocenters. The van der Waals surface area contributed by atoms with E-state index in [1.54, 1.807) is 18.5 Å². The fourth-order valence-electron chi connectivity index (χ4n) is 1.78. The highest BCUT2D eigenvalue weighted by Gasteiger charge is 2.11. The van der Waals surface area contributed by atoms with Gasteiger partial charge in [-0.3, -0.25) is 4.98 Å². The lowest BCUT2D eigenvalue weighted by atomic mass is 10.1. The molecule has 2 aromatic rings. The summed E-state index contributed by atoms with van der Waals surface area (Å²) in [6.45, 7) is 3.98. The Balaban J connectivity index is 2.22. The lowest BCUT2D eigenvalue weighted by Gasteiger charge is -2.18. The Hall–Kier alpha value is -1.61. The average Bonchev–Trinajstić information content (AvgIpc) is 2.32. The third kappa shape index (κ3) is 2.79. The molecule has 94 valence electrons. The van der Waals surface area contributed by atoms with Crippen LogP contribution in [0.15, 0.2) is 36.7 Å². The first-order valence-electron chi connectivity index (χ1n) is 5.70. The molecule has 0 saturated heterocycles. The molecule has 1 unspecified atom stereocenters. The molecule has 0 amide bonds. The lowest BCUT2D eigenvalue weighted by molar-refractivity contribution is 0.626. The third-order valence-electron chi connectivity index (χ3n) is 2.84. The zero-order valence-electron chi connectivity index (χ0n) is 10.2. The molecule has 0 fully saturated rings. The van der Waals surface area contributed by atoms with Crippen LogP contribution >= 0.6 is 11.6 Å². The van der Waals surface area contributed by atoms with Crippen LogP contribution in [0.5, 0.6) is 0 Å². The Kier molecular flexibility index (Phi) is 3.82. The molecule has 0 bridgehead atoms. The Morgan fingerprint density at radius 1 is 1.33 bits per heavy atom.